The Labute approximate surface area is 93.7 Å². The van der Waals surface area contributed by atoms with Crippen molar-refractivity contribution in [2.75, 3.05) is 25.6 Å². The summed E-state index contributed by atoms with van der Waals surface area (Å²) in [7, 11) is 1.66. The number of hydrogen-bond acceptors (Lipinski definition) is 5. The van der Waals surface area contributed by atoms with Crippen LogP contribution in [0.1, 0.15) is 23.3 Å². The summed E-state index contributed by atoms with van der Waals surface area (Å²) in [6, 6.07) is 1.36. The first-order chi connectivity index (χ1) is 7.74. The summed E-state index contributed by atoms with van der Waals surface area (Å²) in [5.74, 6) is -0.706. The number of carboxylic acid groups (broad SMARTS) is 1. The van der Waals surface area contributed by atoms with Crippen molar-refractivity contribution in [2.45, 2.75) is 12.8 Å². The lowest BCUT2D eigenvalue weighted by Crippen LogP contribution is -2.09. The number of hydrogen-bond donors (Lipinski definition) is 2. The van der Waals surface area contributed by atoms with Gasteiger partial charge < -0.3 is 15.2 Å². The average Bonchev–Trinajstić information content (AvgIpc) is 2.29. The second-order valence-electron chi connectivity index (χ2n) is 3.20. The minimum absolute atomic E-state index is 0.00519. The molecule has 0 aromatic carbocycles. The number of anilines is 1. The molecule has 0 fully saturated rings. The van der Waals surface area contributed by atoms with E-state index < -0.39 is 5.97 Å². The lowest BCUT2D eigenvalue weighted by molar-refractivity contribution is 0.0690. The molecule has 0 spiro atoms. The van der Waals surface area contributed by atoms with Crippen molar-refractivity contribution < 1.29 is 14.6 Å². The molecule has 0 atom stereocenters. The maximum atomic E-state index is 10.6. The third kappa shape index (κ3) is 4.22. The molecule has 1 heterocycles. The highest BCUT2D eigenvalue weighted by atomic mass is 16.5. The van der Waals surface area contributed by atoms with E-state index >= 15 is 0 Å². The van der Waals surface area contributed by atoms with Crippen LogP contribution in [0, 0.1) is 0 Å². The molecule has 88 valence electrons. The van der Waals surface area contributed by atoms with Crippen LogP contribution in [-0.4, -0.2) is 41.3 Å². The minimum Gasteiger partial charge on any atom is -0.477 e. The van der Waals surface area contributed by atoms with E-state index in [9.17, 15) is 4.79 Å². The van der Waals surface area contributed by atoms with Gasteiger partial charge in [0.2, 0.25) is 5.95 Å². The average molecular weight is 225 g/mol. The summed E-state index contributed by atoms with van der Waals surface area (Å²) < 4.78 is 4.91. The molecule has 6 heteroatoms. The molecule has 0 saturated heterocycles. The molecule has 1 aromatic rings. The Hall–Kier alpha value is -1.69. The number of ether oxygens (including phenoxy) is 1. The summed E-state index contributed by atoms with van der Waals surface area (Å²) in [4.78, 5) is 18.4. The number of nitrogens with zero attached hydrogens (tertiary/aromatic N) is 2. The molecule has 0 unspecified atom stereocenters. The summed E-state index contributed by atoms with van der Waals surface area (Å²) in [6.45, 7) is 1.42. The van der Waals surface area contributed by atoms with Gasteiger partial charge in [0.05, 0.1) is 0 Å². The van der Waals surface area contributed by atoms with Crippen LogP contribution >= 0.6 is 0 Å². The number of aromatic nitrogens is 2. The number of carboxylic acids is 1. The van der Waals surface area contributed by atoms with Crippen molar-refractivity contribution in [3.05, 3.63) is 18.0 Å². The smallest absolute Gasteiger partial charge is 0.354 e. The number of methoxy groups -OCH3 is 1. The quantitative estimate of drug-likeness (QED) is 0.674. The van der Waals surface area contributed by atoms with Gasteiger partial charge in [0, 0.05) is 26.5 Å². The fourth-order valence-corrected chi connectivity index (χ4v) is 1.13. The first-order valence-corrected chi connectivity index (χ1v) is 5.03. The summed E-state index contributed by atoms with van der Waals surface area (Å²) in [5, 5.41) is 11.7. The third-order valence-electron chi connectivity index (χ3n) is 1.93. The van der Waals surface area contributed by atoms with Gasteiger partial charge in [0.25, 0.3) is 0 Å². The van der Waals surface area contributed by atoms with Gasteiger partial charge in [-0.3, -0.25) is 0 Å². The molecule has 0 radical (unpaired) electrons. The zero-order chi connectivity index (χ0) is 11.8. The van der Waals surface area contributed by atoms with Crippen LogP contribution in [0.25, 0.3) is 0 Å². The van der Waals surface area contributed by atoms with E-state index in [1.807, 2.05) is 0 Å². The second kappa shape index (κ2) is 6.73. The minimum atomic E-state index is -1.05. The Kier molecular flexibility index (Phi) is 5.21. The molecule has 0 aliphatic heterocycles. The molecule has 6 nitrogen and oxygen atoms in total. The van der Waals surface area contributed by atoms with Gasteiger partial charge in [-0.1, -0.05) is 0 Å². The molecule has 0 amide bonds. The van der Waals surface area contributed by atoms with Crippen LogP contribution in [0.15, 0.2) is 12.3 Å². The second-order valence-corrected chi connectivity index (χ2v) is 3.20. The third-order valence-corrected chi connectivity index (χ3v) is 1.93. The van der Waals surface area contributed by atoms with Gasteiger partial charge in [0.1, 0.15) is 0 Å². The van der Waals surface area contributed by atoms with Crippen LogP contribution in [0.5, 0.6) is 0 Å². The summed E-state index contributed by atoms with van der Waals surface area (Å²) in [6.07, 6.45) is 3.30. The Morgan fingerprint density at radius 3 is 3.06 bits per heavy atom. The van der Waals surface area contributed by atoms with Crippen molar-refractivity contribution >= 4 is 11.9 Å². The van der Waals surface area contributed by atoms with Gasteiger partial charge in [-0.05, 0) is 18.9 Å². The Bertz CT molecular complexity index is 344. The van der Waals surface area contributed by atoms with Crippen molar-refractivity contribution in [2.24, 2.45) is 0 Å². The number of rotatable bonds is 7. The molecule has 1 aromatic heterocycles. The molecule has 1 rings (SSSR count). The molecule has 16 heavy (non-hydrogen) atoms. The van der Waals surface area contributed by atoms with Crippen molar-refractivity contribution in [1.29, 1.82) is 0 Å². The highest BCUT2D eigenvalue weighted by molar-refractivity contribution is 5.85. The lowest BCUT2D eigenvalue weighted by Gasteiger charge is -2.04. The van der Waals surface area contributed by atoms with Crippen molar-refractivity contribution in [3.63, 3.8) is 0 Å². The van der Waals surface area contributed by atoms with Crippen LogP contribution in [-0.2, 0) is 4.74 Å². The molecular weight excluding hydrogens is 210 g/mol. The molecule has 0 saturated carbocycles. The van der Waals surface area contributed by atoms with Crippen LogP contribution in [0.2, 0.25) is 0 Å². The summed E-state index contributed by atoms with van der Waals surface area (Å²) >= 11 is 0. The monoisotopic (exact) mass is 225 g/mol. The largest absolute Gasteiger partial charge is 0.477 e. The van der Waals surface area contributed by atoms with Crippen LogP contribution in [0.3, 0.4) is 0 Å². The van der Waals surface area contributed by atoms with Crippen molar-refractivity contribution in [3.8, 4) is 0 Å². The maximum absolute atomic E-state index is 10.6. The molecule has 0 bridgehead atoms. The van der Waals surface area contributed by atoms with E-state index in [0.717, 1.165) is 19.4 Å². The van der Waals surface area contributed by atoms with E-state index in [-0.39, 0.29) is 5.69 Å². The number of nitrogens with one attached hydrogen (secondary N) is 1. The van der Waals surface area contributed by atoms with E-state index in [4.69, 9.17) is 9.84 Å². The zero-order valence-corrected chi connectivity index (χ0v) is 9.14. The molecule has 2 N–H and O–H groups in total. The highest BCUT2D eigenvalue weighted by Crippen LogP contribution is 2.01. The van der Waals surface area contributed by atoms with Crippen LogP contribution in [0.4, 0.5) is 5.95 Å². The number of unbranched alkanes of at least 4 members (excludes halogenated alkanes) is 1. The summed E-state index contributed by atoms with van der Waals surface area (Å²) in [5.41, 5.74) is -0.00519. The molecule has 0 aliphatic rings. The first-order valence-electron chi connectivity index (χ1n) is 5.03. The number of carbonyl (C=O) groups is 1. The van der Waals surface area contributed by atoms with Gasteiger partial charge in [-0.25, -0.2) is 14.8 Å². The van der Waals surface area contributed by atoms with E-state index in [2.05, 4.69) is 15.3 Å². The molecule has 0 aliphatic carbocycles. The fourth-order valence-electron chi connectivity index (χ4n) is 1.13. The Morgan fingerprint density at radius 1 is 1.56 bits per heavy atom. The molecular formula is C10H15N3O3. The normalized spacial score (nSPS) is 10.1. The SMILES string of the molecule is COCCCCNc1nccc(C(=O)O)n1. The Morgan fingerprint density at radius 2 is 2.38 bits per heavy atom. The van der Waals surface area contributed by atoms with E-state index in [1.165, 1.54) is 12.3 Å². The van der Waals surface area contributed by atoms with Gasteiger partial charge in [-0.2, -0.15) is 0 Å². The van der Waals surface area contributed by atoms with Crippen molar-refractivity contribution in [1.82, 2.24) is 9.97 Å². The van der Waals surface area contributed by atoms with Crippen LogP contribution < -0.4 is 5.32 Å². The first kappa shape index (κ1) is 12.4. The number of aromatic carboxylic acids is 1. The van der Waals surface area contributed by atoms with Gasteiger partial charge in [0.15, 0.2) is 5.69 Å². The fraction of sp³-hybridized carbons (Fsp3) is 0.500. The van der Waals surface area contributed by atoms with Gasteiger partial charge >= 0.3 is 5.97 Å². The predicted octanol–water partition coefficient (Wildman–Crippen LogP) is 1.01. The lowest BCUT2D eigenvalue weighted by atomic mass is 10.3. The predicted molar refractivity (Wildman–Crippen MR) is 58.6 cm³/mol. The highest BCUT2D eigenvalue weighted by Gasteiger charge is 2.05. The van der Waals surface area contributed by atoms with Gasteiger partial charge in [-0.15, -0.1) is 0 Å². The topological polar surface area (TPSA) is 84.3 Å². The zero-order valence-electron chi connectivity index (χ0n) is 9.14. The van der Waals surface area contributed by atoms with E-state index in [1.54, 1.807) is 7.11 Å². The van der Waals surface area contributed by atoms with E-state index in [0.29, 0.717) is 12.5 Å². The maximum Gasteiger partial charge on any atom is 0.354 e. The Balaban J connectivity index is 2.36. The standard InChI is InChI=1S/C10H15N3O3/c1-16-7-3-2-5-11-10-12-6-4-8(13-10)9(14)15/h4,6H,2-3,5,7H2,1H3,(H,14,15)(H,11,12,13).